The van der Waals surface area contributed by atoms with Crippen molar-refractivity contribution in [2.75, 3.05) is 26.7 Å². The number of methoxy groups -OCH3 is 1. The van der Waals surface area contributed by atoms with Gasteiger partial charge < -0.3 is 9.84 Å². The topological polar surface area (TPSA) is 32.7 Å². The standard InChI is InChI=1S/C13H17F2NO2/c1-18-9-5-6-16(7-9)8-12(17)10-3-2-4-11(14)13(10)15/h2-4,9,12,17H,5-8H2,1H3. The second kappa shape index (κ2) is 5.73. The lowest BCUT2D eigenvalue weighted by Gasteiger charge is -2.20. The summed E-state index contributed by atoms with van der Waals surface area (Å²) in [7, 11) is 1.65. The highest BCUT2D eigenvalue weighted by atomic mass is 19.2. The van der Waals surface area contributed by atoms with Crippen molar-refractivity contribution in [1.29, 1.82) is 0 Å². The van der Waals surface area contributed by atoms with Gasteiger partial charge in [0.1, 0.15) is 0 Å². The van der Waals surface area contributed by atoms with Crippen molar-refractivity contribution in [3.63, 3.8) is 0 Å². The molecule has 0 aliphatic carbocycles. The van der Waals surface area contributed by atoms with E-state index in [0.717, 1.165) is 19.0 Å². The van der Waals surface area contributed by atoms with Gasteiger partial charge in [0, 0.05) is 32.3 Å². The third kappa shape index (κ3) is 2.85. The Bertz CT molecular complexity index is 414. The van der Waals surface area contributed by atoms with E-state index in [9.17, 15) is 13.9 Å². The van der Waals surface area contributed by atoms with Gasteiger partial charge in [-0.3, -0.25) is 4.90 Å². The first kappa shape index (κ1) is 13.4. The zero-order valence-electron chi connectivity index (χ0n) is 10.3. The van der Waals surface area contributed by atoms with Gasteiger partial charge >= 0.3 is 0 Å². The Kier molecular flexibility index (Phi) is 4.27. The number of aliphatic hydroxyl groups is 1. The minimum Gasteiger partial charge on any atom is -0.387 e. The Morgan fingerprint density at radius 2 is 2.28 bits per heavy atom. The van der Waals surface area contributed by atoms with Gasteiger partial charge in [0.25, 0.3) is 0 Å². The molecule has 1 aliphatic rings. The number of ether oxygens (including phenoxy) is 1. The molecule has 2 atom stereocenters. The van der Waals surface area contributed by atoms with Crippen molar-refractivity contribution < 1.29 is 18.6 Å². The number of aliphatic hydroxyl groups excluding tert-OH is 1. The summed E-state index contributed by atoms with van der Waals surface area (Å²) in [4.78, 5) is 1.99. The van der Waals surface area contributed by atoms with Crippen molar-refractivity contribution in [3.8, 4) is 0 Å². The first-order valence-corrected chi connectivity index (χ1v) is 5.99. The summed E-state index contributed by atoms with van der Waals surface area (Å²) >= 11 is 0. The molecule has 18 heavy (non-hydrogen) atoms. The van der Waals surface area contributed by atoms with Crippen molar-refractivity contribution in [2.45, 2.75) is 18.6 Å². The lowest BCUT2D eigenvalue weighted by molar-refractivity contribution is 0.0884. The molecule has 1 aromatic rings. The summed E-state index contributed by atoms with van der Waals surface area (Å²) < 4.78 is 31.8. The summed E-state index contributed by atoms with van der Waals surface area (Å²) in [5.41, 5.74) is 0.0101. The van der Waals surface area contributed by atoms with E-state index in [1.807, 2.05) is 4.90 Å². The van der Waals surface area contributed by atoms with Crippen LogP contribution in [0.3, 0.4) is 0 Å². The number of benzene rings is 1. The monoisotopic (exact) mass is 257 g/mol. The molecule has 0 radical (unpaired) electrons. The van der Waals surface area contributed by atoms with E-state index in [1.165, 1.54) is 12.1 Å². The van der Waals surface area contributed by atoms with Crippen LogP contribution in [-0.4, -0.2) is 42.9 Å². The van der Waals surface area contributed by atoms with Crippen molar-refractivity contribution in [3.05, 3.63) is 35.4 Å². The maximum atomic E-state index is 13.5. The lowest BCUT2D eigenvalue weighted by Crippen LogP contribution is -2.28. The van der Waals surface area contributed by atoms with E-state index in [4.69, 9.17) is 4.74 Å². The molecule has 3 nitrogen and oxygen atoms in total. The molecule has 1 N–H and O–H groups in total. The lowest BCUT2D eigenvalue weighted by atomic mass is 10.1. The minimum absolute atomic E-state index is 0.0101. The fourth-order valence-electron chi connectivity index (χ4n) is 2.28. The predicted octanol–water partition coefficient (Wildman–Crippen LogP) is 1.72. The molecule has 1 saturated heterocycles. The molecule has 1 fully saturated rings. The number of halogens is 2. The molecule has 2 rings (SSSR count). The second-order valence-corrected chi connectivity index (χ2v) is 4.56. The molecule has 0 spiro atoms. The summed E-state index contributed by atoms with van der Waals surface area (Å²) in [6.07, 6.45) is 0.0420. The third-order valence-corrected chi connectivity index (χ3v) is 3.33. The number of hydrogen-bond acceptors (Lipinski definition) is 3. The fraction of sp³-hybridized carbons (Fsp3) is 0.538. The quantitative estimate of drug-likeness (QED) is 0.891. The molecular formula is C13H17F2NO2. The van der Waals surface area contributed by atoms with Crippen LogP contribution in [0.25, 0.3) is 0 Å². The maximum absolute atomic E-state index is 13.5. The van der Waals surface area contributed by atoms with Gasteiger partial charge in [-0.1, -0.05) is 12.1 Å². The van der Waals surface area contributed by atoms with Gasteiger partial charge in [0.05, 0.1) is 12.2 Å². The number of hydrogen-bond donors (Lipinski definition) is 1. The van der Waals surface area contributed by atoms with Crippen LogP contribution < -0.4 is 0 Å². The van der Waals surface area contributed by atoms with Gasteiger partial charge in [0.2, 0.25) is 0 Å². The Hall–Kier alpha value is -1.04. The summed E-state index contributed by atoms with van der Waals surface area (Å²) in [5.74, 6) is -1.89. The van der Waals surface area contributed by atoms with Gasteiger partial charge in [0.15, 0.2) is 11.6 Å². The fourth-order valence-corrected chi connectivity index (χ4v) is 2.28. The minimum atomic E-state index is -1.02. The van der Waals surface area contributed by atoms with Crippen LogP contribution in [0.2, 0.25) is 0 Å². The molecule has 1 heterocycles. The highest BCUT2D eigenvalue weighted by Gasteiger charge is 2.25. The Morgan fingerprint density at radius 1 is 1.50 bits per heavy atom. The van der Waals surface area contributed by atoms with Gasteiger partial charge in [-0.05, 0) is 12.5 Å². The summed E-state index contributed by atoms with van der Waals surface area (Å²) in [6.45, 7) is 1.80. The summed E-state index contributed by atoms with van der Waals surface area (Å²) in [6, 6.07) is 3.86. The molecule has 0 amide bonds. The molecule has 1 aliphatic heterocycles. The molecule has 0 aromatic heterocycles. The van der Waals surface area contributed by atoms with E-state index in [1.54, 1.807) is 7.11 Å². The SMILES string of the molecule is COC1CCN(CC(O)c2cccc(F)c2F)C1. The van der Waals surface area contributed by atoms with Crippen molar-refractivity contribution in [2.24, 2.45) is 0 Å². The van der Waals surface area contributed by atoms with Crippen molar-refractivity contribution >= 4 is 0 Å². The zero-order chi connectivity index (χ0) is 13.1. The van der Waals surface area contributed by atoms with Crippen LogP contribution in [0.5, 0.6) is 0 Å². The highest BCUT2D eigenvalue weighted by molar-refractivity contribution is 5.21. The van der Waals surface area contributed by atoms with E-state index >= 15 is 0 Å². The Balaban J connectivity index is 2.00. The summed E-state index contributed by atoms with van der Waals surface area (Å²) in [5, 5.41) is 9.96. The maximum Gasteiger partial charge on any atom is 0.164 e. The molecular weight excluding hydrogens is 240 g/mol. The number of β-amino-alcohol motifs (C(OH)–C–C–N with tert-alkyl or cyclic N) is 1. The second-order valence-electron chi connectivity index (χ2n) is 4.56. The Morgan fingerprint density at radius 3 is 2.94 bits per heavy atom. The first-order valence-electron chi connectivity index (χ1n) is 5.99. The van der Waals surface area contributed by atoms with Crippen LogP contribution in [0.4, 0.5) is 8.78 Å². The molecule has 0 saturated carbocycles. The third-order valence-electron chi connectivity index (χ3n) is 3.33. The molecule has 100 valence electrons. The number of nitrogens with zero attached hydrogens (tertiary/aromatic N) is 1. The molecule has 1 aromatic carbocycles. The highest BCUT2D eigenvalue weighted by Crippen LogP contribution is 2.22. The number of likely N-dealkylation sites (tertiary alicyclic amines) is 1. The van der Waals surface area contributed by atoms with Crippen LogP contribution in [-0.2, 0) is 4.74 Å². The number of rotatable bonds is 4. The molecule has 0 bridgehead atoms. The first-order chi connectivity index (χ1) is 8.61. The average molecular weight is 257 g/mol. The van der Waals surface area contributed by atoms with Crippen LogP contribution >= 0.6 is 0 Å². The van der Waals surface area contributed by atoms with E-state index in [2.05, 4.69) is 0 Å². The predicted molar refractivity (Wildman–Crippen MR) is 63.2 cm³/mol. The van der Waals surface area contributed by atoms with E-state index in [0.29, 0.717) is 13.1 Å². The normalized spacial score (nSPS) is 22.3. The zero-order valence-corrected chi connectivity index (χ0v) is 10.3. The smallest absolute Gasteiger partial charge is 0.164 e. The average Bonchev–Trinajstić information content (AvgIpc) is 2.80. The van der Waals surface area contributed by atoms with Crippen LogP contribution in [0.1, 0.15) is 18.1 Å². The van der Waals surface area contributed by atoms with Crippen molar-refractivity contribution in [1.82, 2.24) is 4.90 Å². The van der Waals surface area contributed by atoms with Crippen LogP contribution in [0.15, 0.2) is 18.2 Å². The van der Waals surface area contributed by atoms with E-state index in [-0.39, 0.29) is 11.7 Å². The Labute approximate surface area is 105 Å². The largest absolute Gasteiger partial charge is 0.387 e. The van der Waals surface area contributed by atoms with Crippen LogP contribution in [0, 0.1) is 11.6 Å². The molecule has 5 heteroatoms. The van der Waals surface area contributed by atoms with Gasteiger partial charge in [-0.2, -0.15) is 0 Å². The molecule has 2 unspecified atom stereocenters. The van der Waals surface area contributed by atoms with Gasteiger partial charge in [-0.25, -0.2) is 8.78 Å². The van der Waals surface area contributed by atoms with E-state index < -0.39 is 17.7 Å². The van der Waals surface area contributed by atoms with Gasteiger partial charge in [-0.15, -0.1) is 0 Å².